The van der Waals surface area contributed by atoms with E-state index in [2.05, 4.69) is 15.4 Å². The summed E-state index contributed by atoms with van der Waals surface area (Å²) in [6.07, 6.45) is 4.69. The molecule has 0 unspecified atom stereocenters. The van der Waals surface area contributed by atoms with Gasteiger partial charge in [0, 0.05) is 36.5 Å². The van der Waals surface area contributed by atoms with Gasteiger partial charge >= 0.3 is 0 Å². The standard InChI is InChI=1S/C19H18FN5O3/c1-24-10-11(20)8-15(19(24)27)22-17-13-4-3-5-14(13)18(26)25(23-17)12-6-7-16(28-2)21-9-12/h6-10H,3-5H2,1-2H3,(H,22,23). The molecule has 8 nitrogen and oxygen atoms in total. The molecule has 0 spiro atoms. The van der Waals surface area contributed by atoms with E-state index in [9.17, 15) is 14.0 Å². The average molecular weight is 383 g/mol. The van der Waals surface area contributed by atoms with Crippen LogP contribution in [0.15, 0.2) is 40.2 Å². The van der Waals surface area contributed by atoms with Crippen molar-refractivity contribution in [2.24, 2.45) is 7.05 Å². The van der Waals surface area contributed by atoms with Crippen molar-refractivity contribution in [3.63, 3.8) is 0 Å². The molecule has 1 aliphatic rings. The zero-order valence-electron chi connectivity index (χ0n) is 15.4. The van der Waals surface area contributed by atoms with E-state index in [-0.39, 0.29) is 16.8 Å². The van der Waals surface area contributed by atoms with Gasteiger partial charge < -0.3 is 14.6 Å². The molecule has 3 aromatic rings. The van der Waals surface area contributed by atoms with Gasteiger partial charge in [-0.2, -0.15) is 4.68 Å². The molecule has 0 fully saturated rings. The van der Waals surface area contributed by atoms with Crippen molar-refractivity contribution >= 4 is 11.5 Å². The third kappa shape index (κ3) is 3.04. The van der Waals surface area contributed by atoms with Gasteiger partial charge in [0.1, 0.15) is 11.5 Å². The number of halogens is 1. The molecule has 3 aromatic heterocycles. The number of nitrogens with one attached hydrogen (secondary N) is 1. The highest BCUT2D eigenvalue weighted by molar-refractivity contribution is 5.61. The van der Waals surface area contributed by atoms with Crippen molar-refractivity contribution in [1.82, 2.24) is 19.3 Å². The lowest BCUT2D eigenvalue weighted by Gasteiger charge is -2.14. The van der Waals surface area contributed by atoms with Crippen molar-refractivity contribution in [3.05, 3.63) is 68.2 Å². The lowest BCUT2D eigenvalue weighted by molar-refractivity contribution is 0.397. The predicted molar refractivity (Wildman–Crippen MR) is 101 cm³/mol. The summed E-state index contributed by atoms with van der Waals surface area (Å²) in [6, 6.07) is 4.43. The molecular weight excluding hydrogens is 365 g/mol. The highest BCUT2D eigenvalue weighted by Gasteiger charge is 2.23. The molecule has 0 saturated carbocycles. The van der Waals surface area contributed by atoms with E-state index in [1.165, 1.54) is 25.0 Å². The maximum absolute atomic E-state index is 13.8. The van der Waals surface area contributed by atoms with Gasteiger partial charge in [0.2, 0.25) is 5.88 Å². The quantitative estimate of drug-likeness (QED) is 0.738. The van der Waals surface area contributed by atoms with Crippen LogP contribution in [0.25, 0.3) is 5.69 Å². The number of hydrogen-bond acceptors (Lipinski definition) is 6. The smallest absolute Gasteiger partial charge is 0.275 e. The van der Waals surface area contributed by atoms with Crippen LogP contribution in [0.4, 0.5) is 15.9 Å². The molecule has 0 saturated heterocycles. The normalized spacial score (nSPS) is 12.7. The Bertz CT molecular complexity index is 1170. The first-order chi connectivity index (χ1) is 13.5. The van der Waals surface area contributed by atoms with Gasteiger partial charge in [-0.1, -0.05) is 0 Å². The van der Waals surface area contributed by atoms with Crippen LogP contribution in [0.3, 0.4) is 0 Å². The van der Waals surface area contributed by atoms with E-state index in [4.69, 9.17) is 4.74 Å². The summed E-state index contributed by atoms with van der Waals surface area (Å²) in [5, 5.41) is 7.33. The number of fused-ring (bicyclic) bond motifs is 1. The number of methoxy groups -OCH3 is 1. The zero-order chi connectivity index (χ0) is 19.8. The second-order valence-corrected chi connectivity index (χ2v) is 6.55. The fourth-order valence-electron chi connectivity index (χ4n) is 3.36. The number of aryl methyl sites for hydroxylation is 1. The minimum atomic E-state index is -0.547. The lowest BCUT2D eigenvalue weighted by Crippen LogP contribution is -2.27. The highest BCUT2D eigenvalue weighted by atomic mass is 19.1. The molecule has 1 N–H and O–H groups in total. The third-order valence-electron chi connectivity index (χ3n) is 4.73. The van der Waals surface area contributed by atoms with Crippen LogP contribution in [0.2, 0.25) is 0 Å². The Morgan fingerprint density at radius 3 is 2.68 bits per heavy atom. The number of hydrogen-bond donors (Lipinski definition) is 1. The number of ether oxygens (including phenoxy) is 1. The average Bonchev–Trinajstić information content (AvgIpc) is 3.18. The Hall–Kier alpha value is -3.49. The molecule has 9 heteroatoms. The van der Waals surface area contributed by atoms with Gasteiger partial charge in [0.15, 0.2) is 5.82 Å². The molecule has 0 aromatic carbocycles. The zero-order valence-corrected chi connectivity index (χ0v) is 15.4. The van der Waals surface area contributed by atoms with E-state index in [1.54, 1.807) is 12.1 Å². The molecule has 0 radical (unpaired) electrons. The van der Waals surface area contributed by atoms with Crippen molar-refractivity contribution in [1.29, 1.82) is 0 Å². The summed E-state index contributed by atoms with van der Waals surface area (Å²) in [7, 11) is 2.97. The fourth-order valence-corrected chi connectivity index (χ4v) is 3.36. The first-order valence-electron chi connectivity index (χ1n) is 8.76. The van der Waals surface area contributed by atoms with Crippen molar-refractivity contribution in [3.8, 4) is 11.6 Å². The molecule has 4 rings (SSSR count). The summed E-state index contributed by atoms with van der Waals surface area (Å²) in [6.45, 7) is 0. The van der Waals surface area contributed by atoms with Crippen molar-refractivity contribution < 1.29 is 9.13 Å². The Morgan fingerprint density at radius 1 is 1.18 bits per heavy atom. The second-order valence-electron chi connectivity index (χ2n) is 6.55. The Kier molecular flexibility index (Phi) is 4.42. The van der Waals surface area contributed by atoms with E-state index >= 15 is 0 Å². The van der Waals surface area contributed by atoms with E-state index in [0.717, 1.165) is 28.8 Å². The number of pyridine rings is 2. The second kappa shape index (κ2) is 6.91. The topological polar surface area (TPSA) is 91.0 Å². The van der Waals surface area contributed by atoms with Crippen molar-refractivity contribution in [2.45, 2.75) is 19.3 Å². The molecule has 28 heavy (non-hydrogen) atoms. The fraction of sp³-hybridized carbons (Fsp3) is 0.263. The van der Waals surface area contributed by atoms with Crippen LogP contribution in [-0.2, 0) is 19.9 Å². The summed E-state index contributed by atoms with van der Waals surface area (Å²) < 4.78 is 21.2. The first kappa shape index (κ1) is 17.9. The maximum Gasteiger partial charge on any atom is 0.275 e. The van der Waals surface area contributed by atoms with E-state index in [1.807, 2.05) is 0 Å². The Balaban J connectivity index is 1.85. The summed E-state index contributed by atoms with van der Waals surface area (Å²) >= 11 is 0. The van der Waals surface area contributed by atoms with Gasteiger partial charge in [0.05, 0.1) is 19.0 Å². The number of nitrogens with zero attached hydrogens (tertiary/aromatic N) is 4. The van der Waals surface area contributed by atoms with Crippen LogP contribution in [-0.4, -0.2) is 26.4 Å². The highest BCUT2D eigenvalue weighted by Crippen LogP contribution is 2.27. The van der Waals surface area contributed by atoms with Crippen LogP contribution in [0.1, 0.15) is 17.5 Å². The molecule has 3 heterocycles. The van der Waals surface area contributed by atoms with Gasteiger partial charge in [-0.25, -0.2) is 9.37 Å². The third-order valence-corrected chi connectivity index (χ3v) is 4.73. The van der Waals surface area contributed by atoms with E-state index in [0.29, 0.717) is 35.8 Å². The molecule has 0 aliphatic heterocycles. The lowest BCUT2D eigenvalue weighted by atomic mass is 10.2. The van der Waals surface area contributed by atoms with Gasteiger partial charge in [-0.05, 0) is 25.3 Å². The summed E-state index contributed by atoms with van der Waals surface area (Å²) in [4.78, 5) is 29.3. The summed E-state index contributed by atoms with van der Waals surface area (Å²) in [5.74, 6) is 0.235. The van der Waals surface area contributed by atoms with Crippen molar-refractivity contribution in [2.75, 3.05) is 12.4 Å². The first-order valence-corrected chi connectivity index (χ1v) is 8.76. The predicted octanol–water partition coefficient (Wildman–Crippen LogP) is 1.71. The Morgan fingerprint density at radius 2 is 1.96 bits per heavy atom. The van der Waals surface area contributed by atoms with Crippen LogP contribution in [0, 0.1) is 5.82 Å². The molecule has 0 atom stereocenters. The number of rotatable bonds is 4. The molecular formula is C19H18FN5O3. The van der Waals surface area contributed by atoms with Crippen LogP contribution >= 0.6 is 0 Å². The molecule has 1 aliphatic carbocycles. The summed E-state index contributed by atoms with van der Waals surface area (Å²) in [5.41, 5.74) is 1.31. The van der Waals surface area contributed by atoms with Gasteiger partial charge in [-0.3, -0.25) is 9.59 Å². The maximum atomic E-state index is 13.8. The minimum absolute atomic E-state index is 0.0576. The molecule has 0 amide bonds. The minimum Gasteiger partial charge on any atom is -0.481 e. The monoisotopic (exact) mass is 383 g/mol. The van der Waals surface area contributed by atoms with Crippen LogP contribution in [0.5, 0.6) is 5.88 Å². The molecule has 0 bridgehead atoms. The number of anilines is 2. The van der Waals surface area contributed by atoms with E-state index < -0.39 is 5.82 Å². The molecule has 144 valence electrons. The Labute approximate surface area is 159 Å². The van der Waals surface area contributed by atoms with Gasteiger partial charge in [-0.15, -0.1) is 5.10 Å². The number of aromatic nitrogens is 4. The SMILES string of the molecule is COc1ccc(-n2nc(Nc3cc(F)cn(C)c3=O)c3c(c2=O)CCC3)cn1. The van der Waals surface area contributed by atoms with Gasteiger partial charge in [0.25, 0.3) is 11.1 Å². The van der Waals surface area contributed by atoms with Crippen LogP contribution < -0.4 is 21.2 Å². The largest absolute Gasteiger partial charge is 0.481 e.